The molecule has 1 aromatic rings. The van der Waals surface area contributed by atoms with Gasteiger partial charge < -0.3 is 24.3 Å². The Bertz CT molecular complexity index is 417. The monoisotopic (exact) mass is 269 g/mol. The molecule has 6 nitrogen and oxygen atoms in total. The lowest BCUT2D eigenvalue weighted by atomic mass is 10.2. The highest BCUT2D eigenvalue weighted by Crippen LogP contribution is 2.23. The number of hydrogen-bond acceptors (Lipinski definition) is 5. The van der Waals surface area contributed by atoms with Crippen LogP contribution in [0.3, 0.4) is 0 Å². The highest BCUT2D eigenvalue weighted by atomic mass is 16.7. The molecule has 0 radical (unpaired) electrons. The molecular formula is C13H19NO5. The molecule has 6 heteroatoms. The second-order valence-corrected chi connectivity index (χ2v) is 3.83. The zero-order chi connectivity index (χ0) is 14.3. The van der Waals surface area contributed by atoms with Gasteiger partial charge in [-0.25, -0.2) is 4.79 Å². The van der Waals surface area contributed by atoms with Crippen molar-refractivity contribution in [3.8, 4) is 11.5 Å². The molecule has 1 N–H and O–H groups in total. The lowest BCUT2D eigenvalue weighted by Gasteiger charge is -2.15. The van der Waals surface area contributed by atoms with Crippen molar-refractivity contribution in [2.75, 3.05) is 27.9 Å². The topological polar surface area (TPSA) is 66.0 Å². The van der Waals surface area contributed by atoms with Gasteiger partial charge in [-0.3, -0.25) is 0 Å². The van der Waals surface area contributed by atoms with Gasteiger partial charge in [0.1, 0.15) is 18.1 Å². The van der Waals surface area contributed by atoms with Gasteiger partial charge >= 0.3 is 6.09 Å². The predicted octanol–water partition coefficient (Wildman–Crippen LogP) is 1.71. The van der Waals surface area contributed by atoms with Gasteiger partial charge in [0.05, 0.1) is 0 Å². The van der Waals surface area contributed by atoms with Crippen LogP contribution in [0, 0.1) is 6.92 Å². The SMILES string of the molecule is CNC(=O)Oc1cc(C)cc(OCC(OC)OC)c1. The Hall–Kier alpha value is -1.79. The van der Waals surface area contributed by atoms with E-state index >= 15 is 0 Å². The summed E-state index contributed by atoms with van der Waals surface area (Å²) in [5.41, 5.74) is 0.919. The minimum absolute atomic E-state index is 0.246. The number of carbonyl (C=O) groups excluding carboxylic acids is 1. The first-order chi connectivity index (χ1) is 9.08. The molecule has 0 fully saturated rings. The van der Waals surface area contributed by atoms with Crippen LogP contribution in [-0.4, -0.2) is 40.3 Å². The van der Waals surface area contributed by atoms with Crippen LogP contribution in [0.1, 0.15) is 5.56 Å². The second kappa shape index (κ2) is 7.60. The second-order valence-electron chi connectivity index (χ2n) is 3.83. The molecular weight excluding hydrogens is 250 g/mol. The van der Waals surface area contributed by atoms with E-state index in [4.69, 9.17) is 18.9 Å². The van der Waals surface area contributed by atoms with Crippen LogP contribution in [0.25, 0.3) is 0 Å². The Balaban J connectivity index is 2.70. The summed E-state index contributed by atoms with van der Waals surface area (Å²) in [6, 6.07) is 5.20. The number of methoxy groups -OCH3 is 2. The number of aryl methyl sites for hydroxylation is 1. The molecule has 1 aromatic carbocycles. The lowest BCUT2D eigenvalue weighted by molar-refractivity contribution is -0.122. The number of benzene rings is 1. The van der Waals surface area contributed by atoms with Gasteiger partial charge in [0.25, 0.3) is 0 Å². The third-order valence-electron chi connectivity index (χ3n) is 2.35. The molecule has 0 aliphatic rings. The van der Waals surface area contributed by atoms with Crippen molar-refractivity contribution in [3.63, 3.8) is 0 Å². The average molecular weight is 269 g/mol. The molecule has 0 aliphatic carbocycles. The van der Waals surface area contributed by atoms with Crippen LogP contribution < -0.4 is 14.8 Å². The number of rotatable bonds is 6. The van der Waals surface area contributed by atoms with Gasteiger partial charge in [-0.1, -0.05) is 0 Å². The maximum atomic E-state index is 11.1. The van der Waals surface area contributed by atoms with E-state index in [1.165, 1.54) is 21.3 Å². The summed E-state index contributed by atoms with van der Waals surface area (Å²) in [5.74, 6) is 0.999. The van der Waals surface area contributed by atoms with Crippen LogP contribution >= 0.6 is 0 Å². The minimum atomic E-state index is -0.525. The first-order valence-corrected chi connectivity index (χ1v) is 5.78. The van der Waals surface area contributed by atoms with E-state index in [9.17, 15) is 4.79 Å². The molecule has 19 heavy (non-hydrogen) atoms. The summed E-state index contributed by atoms with van der Waals surface area (Å²) in [4.78, 5) is 11.1. The fourth-order valence-electron chi connectivity index (χ4n) is 1.41. The van der Waals surface area contributed by atoms with Crippen molar-refractivity contribution in [3.05, 3.63) is 23.8 Å². The Morgan fingerprint density at radius 3 is 2.42 bits per heavy atom. The molecule has 0 atom stereocenters. The van der Waals surface area contributed by atoms with E-state index < -0.39 is 12.4 Å². The molecule has 0 aromatic heterocycles. The van der Waals surface area contributed by atoms with Crippen LogP contribution in [-0.2, 0) is 9.47 Å². The summed E-state index contributed by atoms with van der Waals surface area (Å²) in [7, 11) is 4.57. The normalized spacial score (nSPS) is 10.4. The van der Waals surface area contributed by atoms with Crippen LogP contribution in [0.4, 0.5) is 4.79 Å². The molecule has 1 amide bonds. The number of hydrogen-bond donors (Lipinski definition) is 1. The average Bonchev–Trinajstić information content (AvgIpc) is 2.39. The highest BCUT2D eigenvalue weighted by molar-refractivity contribution is 5.70. The molecule has 0 saturated carbocycles. The summed E-state index contributed by atoms with van der Waals surface area (Å²) in [6.45, 7) is 2.13. The zero-order valence-electron chi connectivity index (χ0n) is 11.6. The molecule has 0 saturated heterocycles. The fraction of sp³-hybridized carbons (Fsp3) is 0.462. The van der Waals surface area contributed by atoms with Gasteiger partial charge in [0, 0.05) is 27.3 Å². The quantitative estimate of drug-likeness (QED) is 0.796. The number of ether oxygens (including phenoxy) is 4. The standard InChI is InChI=1S/C13H19NO5/c1-9-5-10(18-8-12(16-3)17-4)7-11(6-9)19-13(15)14-2/h5-7,12H,8H2,1-4H3,(H,14,15). The van der Waals surface area contributed by atoms with Crippen LogP contribution in [0.5, 0.6) is 11.5 Å². The largest absolute Gasteiger partial charge is 0.488 e. The molecule has 0 unspecified atom stereocenters. The first-order valence-electron chi connectivity index (χ1n) is 5.78. The first kappa shape index (κ1) is 15.3. The smallest absolute Gasteiger partial charge is 0.412 e. The van der Waals surface area contributed by atoms with Crippen LogP contribution in [0.15, 0.2) is 18.2 Å². The van der Waals surface area contributed by atoms with Crippen molar-refractivity contribution in [2.24, 2.45) is 0 Å². The van der Waals surface area contributed by atoms with Gasteiger partial charge in [0.15, 0.2) is 6.29 Å². The summed E-state index contributed by atoms with van der Waals surface area (Å²) >= 11 is 0. The Morgan fingerprint density at radius 2 is 1.84 bits per heavy atom. The number of nitrogens with one attached hydrogen (secondary N) is 1. The van der Waals surface area contributed by atoms with Crippen molar-refractivity contribution >= 4 is 6.09 Å². The van der Waals surface area contributed by atoms with Gasteiger partial charge in [-0.05, 0) is 24.6 Å². The number of carbonyl (C=O) groups is 1. The third kappa shape index (κ3) is 5.15. The van der Waals surface area contributed by atoms with E-state index in [1.807, 2.05) is 13.0 Å². The lowest BCUT2D eigenvalue weighted by Crippen LogP contribution is -2.23. The van der Waals surface area contributed by atoms with Crippen molar-refractivity contribution in [1.82, 2.24) is 5.32 Å². The van der Waals surface area contributed by atoms with E-state index in [2.05, 4.69) is 5.32 Å². The predicted molar refractivity (Wildman–Crippen MR) is 69.6 cm³/mol. The Kier molecular flexibility index (Phi) is 6.11. The zero-order valence-corrected chi connectivity index (χ0v) is 11.6. The van der Waals surface area contributed by atoms with Gasteiger partial charge in [0.2, 0.25) is 0 Å². The van der Waals surface area contributed by atoms with E-state index in [0.29, 0.717) is 11.5 Å². The highest BCUT2D eigenvalue weighted by Gasteiger charge is 2.08. The third-order valence-corrected chi connectivity index (χ3v) is 2.35. The van der Waals surface area contributed by atoms with Crippen molar-refractivity contribution < 1.29 is 23.7 Å². The minimum Gasteiger partial charge on any atom is -0.488 e. The fourth-order valence-corrected chi connectivity index (χ4v) is 1.41. The summed E-state index contributed by atoms with van der Waals surface area (Å²) in [6.07, 6.45) is -0.966. The summed E-state index contributed by atoms with van der Waals surface area (Å²) < 4.78 is 20.6. The molecule has 0 bridgehead atoms. The van der Waals surface area contributed by atoms with E-state index in [-0.39, 0.29) is 6.61 Å². The Labute approximate surface area is 112 Å². The summed E-state index contributed by atoms with van der Waals surface area (Å²) in [5, 5.41) is 2.38. The molecule has 0 spiro atoms. The van der Waals surface area contributed by atoms with E-state index in [1.54, 1.807) is 12.1 Å². The van der Waals surface area contributed by atoms with Crippen LogP contribution in [0.2, 0.25) is 0 Å². The van der Waals surface area contributed by atoms with Gasteiger partial charge in [-0.2, -0.15) is 0 Å². The Morgan fingerprint density at radius 1 is 1.21 bits per heavy atom. The maximum absolute atomic E-state index is 11.1. The molecule has 106 valence electrons. The van der Waals surface area contributed by atoms with Crippen molar-refractivity contribution in [2.45, 2.75) is 13.2 Å². The molecule has 0 aliphatic heterocycles. The van der Waals surface area contributed by atoms with Crippen molar-refractivity contribution in [1.29, 1.82) is 0 Å². The molecule has 1 rings (SSSR count). The maximum Gasteiger partial charge on any atom is 0.412 e. The van der Waals surface area contributed by atoms with Gasteiger partial charge in [-0.15, -0.1) is 0 Å². The van der Waals surface area contributed by atoms with E-state index in [0.717, 1.165) is 5.56 Å². The number of amides is 1. The molecule has 0 heterocycles.